The largest absolute Gasteiger partial charge is 0.339 e. The zero-order chi connectivity index (χ0) is 21.8. The number of hydrogen-bond donors (Lipinski definition) is 1. The third-order valence-corrected chi connectivity index (χ3v) is 6.12. The van der Waals surface area contributed by atoms with Gasteiger partial charge in [0.1, 0.15) is 0 Å². The number of nitrogens with zero attached hydrogens (tertiary/aromatic N) is 1. The van der Waals surface area contributed by atoms with Gasteiger partial charge in [0.05, 0.1) is 0 Å². The van der Waals surface area contributed by atoms with Gasteiger partial charge in [0.2, 0.25) is 5.91 Å². The third-order valence-electron chi connectivity index (χ3n) is 5.87. The lowest BCUT2D eigenvalue weighted by Gasteiger charge is -2.32. The van der Waals surface area contributed by atoms with Gasteiger partial charge in [-0.15, -0.1) is 0 Å². The van der Waals surface area contributed by atoms with Crippen LogP contribution in [0.2, 0.25) is 5.02 Å². The third kappa shape index (κ3) is 5.04. The molecule has 1 aliphatic rings. The quantitative estimate of drug-likeness (QED) is 0.629. The van der Waals surface area contributed by atoms with E-state index in [-0.39, 0.29) is 17.7 Å². The number of carbonyl (C=O) groups excluding carboxylic acids is 2. The van der Waals surface area contributed by atoms with Crippen LogP contribution in [-0.4, -0.2) is 29.8 Å². The number of piperidine rings is 1. The van der Waals surface area contributed by atoms with Crippen LogP contribution in [0.1, 0.15) is 73.9 Å². The van der Waals surface area contributed by atoms with Gasteiger partial charge in [-0.1, -0.05) is 57.5 Å². The number of likely N-dealkylation sites (tertiary alicyclic amines) is 1. The fourth-order valence-electron chi connectivity index (χ4n) is 4.04. The number of carbonyl (C=O) groups is 2. The summed E-state index contributed by atoms with van der Waals surface area (Å²) in [6.07, 6.45) is 1.35. The minimum absolute atomic E-state index is 0.00206. The van der Waals surface area contributed by atoms with Gasteiger partial charge in [-0.25, -0.2) is 0 Å². The summed E-state index contributed by atoms with van der Waals surface area (Å²) in [5.74, 6) is 0.636. The van der Waals surface area contributed by atoms with Crippen LogP contribution < -0.4 is 5.32 Å². The molecule has 0 aromatic heterocycles. The Labute approximate surface area is 184 Å². The predicted octanol–water partition coefficient (Wildman–Crippen LogP) is 6.08. The zero-order valence-corrected chi connectivity index (χ0v) is 19.0. The van der Waals surface area contributed by atoms with Crippen molar-refractivity contribution in [2.45, 2.75) is 52.4 Å². The minimum atomic E-state index is -0.0838. The highest BCUT2D eigenvalue weighted by Crippen LogP contribution is 2.33. The zero-order valence-electron chi connectivity index (χ0n) is 18.2. The first kappa shape index (κ1) is 22.4. The van der Waals surface area contributed by atoms with E-state index < -0.39 is 0 Å². The van der Waals surface area contributed by atoms with Crippen LogP contribution in [0.15, 0.2) is 42.5 Å². The molecule has 3 rings (SSSR count). The molecule has 0 aliphatic carbocycles. The summed E-state index contributed by atoms with van der Waals surface area (Å²) >= 11 is 5.91. The van der Waals surface area contributed by atoms with E-state index >= 15 is 0 Å². The van der Waals surface area contributed by atoms with Crippen LogP contribution in [0.3, 0.4) is 0 Å². The molecule has 1 heterocycles. The van der Waals surface area contributed by atoms with Crippen LogP contribution in [0.25, 0.3) is 0 Å². The van der Waals surface area contributed by atoms with Crippen molar-refractivity contribution in [1.29, 1.82) is 0 Å². The van der Waals surface area contributed by atoms with Gasteiger partial charge in [0.25, 0.3) is 5.91 Å². The van der Waals surface area contributed by atoms with Crippen LogP contribution in [0, 0.1) is 5.92 Å². The molecule has 30 heavy (non-hydrogen) atoms. The van der Waals surface area contributed by atoms with Crippen LogP contribution in [0.5, 0.6) is 0 Å². The van der Waals surface area contributed by atoms with Crippen molar-refractivity contribution < 1.29 is 9.59 Å². The van der Waals surface area contributed by atoms with Crippen molar-refractivity contribution >= 4 is 29.1 Å². The normalized spacial score (nSPS) is 15.0. The number of anilines is 1. The van der Waals surface area contributed by atoms with Gasteiger partial charge in [-0.05, 0) is 60.1 Å². The second-order valence-electron chi connectivity index (χ2n) is 8.68. The Bertz CT molecular complexity index is 872. The molecule has 1 N–H and O–H groups in total. The van der Waals surface area contributed by atoms with Crippen molar-refractivity contribution in [2.24, 2.45) is 5.92 Å². The SMILES string of the molecule is CC(C)c1cccc(C(C)C)c1NC(=O)C1CCN(C(=O)c2ccc(Cl)cc2)CC1. The Kier molecular flexibility index (Phi) is 7.19. The molecule has 0 radical (unpaired) electrons. The summed E-state index contributed by atoms with van der Waals surface area (Å²) in [6.45, 7) is 9.77. The van der Waals surface area contributed by atoms with E-state index in [0.29, 0.717) is 48.4 Å². The highest BCUT2D eigenvalue weighted by Gasteiger charge is 2.29. The molecule has 0 spiro atoms. The van der Waals surface area contributed by atoms with Gasteiger partial charge >= 0.3 is 0 Å². The smallest absolute Gasteiger partial charge is 0.253 e. The molecule has 0 bridgehead atoms. The van der Waals surface area contributed by atoms with Crippen molar-refractivity contribution in [3.8, 4) is 0 Å². The molecule has 4 nitrogen and oxygen atoms in total. The fraction of sp³-hybridized carbons (Fsp3) is 0.440. The molecule has 2 aromatic carbocycles. The van der Waals surface area contributed by atoms with Crippen LogP contribution >= 0.6 is 11.6 Å². The summed E-state index contributed by atoms with van der Waals surface area (Å²) in [5, 5.41) is 3.85. The number of benzene rings is 2. The molecular formula is C25H31ClN2O2. The van der Waals surface area contributed by atoms with Gasteiger partial charge in [-0.2, -0.15) is 0 Å². The Hall–Kier alpha value is -2.33. The molecule has 0 atom stereocenters. The van der Waals surface area contributed by atoms with E-state index in [1.54, 1.807) is 24.3 Å². The molecule has 1 aliphatic heterocycles. The molecule has 2 aromatic rings. The maximum absolute atomic E-state index is 13.1. The molecule has 160 valence electrons. The predicted molar refractivity (Wildman–Crippen MR) is 123 cm³/mol. The average Bonchev–Trinajstić information content (AvgIpc) is 2.73. The highest BCUT2D eigenvalue weighted by atomic mass is 35.5. The van der Waals surface area contributed by atoms with E-state index in [0.717, 1.165) is 5.69 Å². The Morgan fingerprint density at radius 3 is 1.97 bits per heavy atom. The standard InChI is InChI=1S/C25H31ClN2O2/c1-16(2)21-6-5-7-22(17(3)4)23(21)27-24(29)18-12-14-28(15-13-18)25(30)19-8-10-20(26)11-9-19/h5-11,16-18H,12-15H2,1-4H3,(H,27,29). The number of halogens is 1. The van der Waals surface area contributed by atoms with Crippen molar-refractivity contribution in [3.05, 3.63) is 64.2 Å². The van der Waals surface area contributed by atoms with E-state index in [4.69, 9.17) is 11.6 Å². The Morgan fingerprint density at radius 1 is 0.933 bits per heavy atom. The van der Waals surface area contributed by atoms with E-state index in [2.05, 4.69) is 51.2 Å². The van der Waals surface area contributed by atoms with E-state index in [9.17, 15) is 9.59 Å². The summed E-state index contributed by atoms with van der Waals surface area (Å²) in [6, 6.07) is 13.2. The van der Waals surface area contributed by atoms with Crippen molar-refractivity contribution in [3.63, 3.8) is 0 Å². The maximum atomic E-state index is 13.1. The van der Waals surface area contributed by atoms with Crippen LogP contribution in [-0.2, 0) is 4.79 Å². The second-order valence-corrected chi connectivity index (χ2v) is 9.12. The maximum Gasteiger partial charge on any atom is 0.253 e. The van der Waals surface area contributed by atoms with Gasteiger partial charge < -0.3 is 10.2 Å². The van der Waals surface area contributed by atoms with Gasteiger partial charge in [-0.3, -0.25) is 9.59 Å². The summed E-state index contributed by atoms with van der Waals surface area (Å²) in [5.41, 5.74) is 3.94. The van der Waals surface area contributed by atoms with Crippen molar-refractivity contribution in [2.75, 3.05) is 18.4 Å². The Balaban J connectivity index is 1.66. The first-order valence-corrected chi connectivity index (χ1v) is 11.1. The number of nitrogens with one attached hydrogen (secondary N) is 1. The van der Waals surface area contributed by atoms with E-state index in [1.807, 2.05) is 4.90 Å². The van der Waals surface area contributed by atoms with E-state index in [1.165, 1.54) is 11.1 Å². The lowest BCUT2D eigenvalue weighted by molar-refractivity contribution is -0.121. The first-order valence-electron chi connectivity index (χ1n) is 10.8. The minimum Gasteiger partial charge on any atom is -0.339 e. The van der Waals surface area contributed by atoms with Crippen LogP contribution in [0.4, 0.5) is 5.69 Å². The van der Waals surface area contributed by atoms with Gasteiger partial charge in [0, 0.05) is 35.3 Å². The summed E-state index contributed by atoms with van der Waals surface area (Å²) in [7, 11) is 0. The molecule has 0 unspecified atom stereocenters. The monoisotopic (exact) mass is 426 g/mol. The number of para-hydroxylation sites is 1. The lowest BCUT2D eigenvalue weighted by atomic mass is 9.91. The highest BCUT2D eigenvalue weighted by molar-refractivity contribution is 6.30. The summed E-state index contributed by atoms with van der Waals surface area (Å²) in [4.78, 5) is 27.6. The molecule has 5 heteroatoms. The summed E-state index contributed by atoms with van der Waals surface area (Å²) < 4.78 is 0. The Morgan fingerprint density at radius 2 is 1.47 bits per heavy atom. The number of hydrogen-bond acceptors (Lipinski definition) is 2. The topological polar surface area (TPSA) is 49.4 Å². The van der Waals surface area contributed by atoms with Crippen molar-refractivity contribution in [1.82, 2.24) is 4.90 Å². The fourth-order valence-corrected chi connectivity index (χ4v) is 4.17. The molecule has 2 amide bonds. The second kappa shape index (κ2) is 9.65. The number of amides is 2. The van der Waals surface area contributed by atoms with Gasteiger partial charge in [0.15, 0.2) is 0 Å². The lowest BCUT2D eigenvalue weighted by Crippen LogP contribution is -2.41. The molecular weight excluding hydrogens is 396 g/mol. The average molecular weight is 427 g/mol. The number of rotatable bonds is 5. The molecule has 1 fully saturated rings. The molecule has 1 saturated heterocycles. The molecule has 0 saturated carbocycles. The first-order chi connectivity index (χ1) is 14.3.